The SMILES string of the molecule is CCOc1ccc(S(=O)(=O)N2CCCC(OCc3nc(C)no3)C2)cc1. The summed E-state index contributed by atoms with van der Waals surface area (Å²) in [6.07, 6.45) is 1.33. The minimum absolute atomic E-state index is 0.183. The fourth-order valence-electron chi connectivity index (χ4n) is 2.87. The van der Waals surface area contributed by atoms with Crippen LogP contribution in [0, 0.1) is 6.92 Å². The van der Waals surface area contributed by atoms with Crippen LogP contribution in [0.1, 0.15) is 31.5 Å². The van der Waals surface area contributed by atoms with Crippen LogP contribution < -0.4 is 4.74 Å². The van der Waals surface area contributed by atoms with Crippen LogP contribution in [0.25, 0.3) is 0 Å². The first kappa shape index (κ1) is 18.8. The van der Waals surface area contributed by atoms with E-state index in [2.05, 4.69) is 10.1 Å². The molecule has 1 unspecified atom stereocenters. The maximum Gasteiger partial charge on any atom is 0.252 e. The minimum Gasteiger partial charge on any atom is -0.494 e. The molecule has 0 radical (unpaired) electrons. The third-order valence-electron chi connectivity index (χ3n) is 4.13. The molecule has 142 valence electrons. The maximum absolute atomic E-state index is 12.9. The number of aryl methyl sites for hydroxylation is 1. The largest absolute Gasteiger partial charge is 0.494 e. The van der Waals surface area contributed by atoms with Gasteiger partial charge in [-0.15, -0.1) is 0 Å². The molecule has 0 amide bonds. The van der Waals surface area contributed by atoms with E-state index in [1.165, 1.54) is 4.31 Å². The number of nitrogens with zero attached hydrogens (tertiary/aromatic N) is 3. The first-order chi connectivity index (χ1) is 12.5. The molecule has 0 N–H and O–H groups in total. The van der Waals surface area contributed by atoms with Crippen molar-refractivity contribution in [1.29, 1.82) is 0 Å². The van der Waals surface area contributed by atoms with Crippen molar-refractivity contribution in [2.75, 3.05) is 19.7 Å². The van der Waals surface area contributed by atoms with E-state index in [-0.39, 0.29) is 17.6 Å². The topological polar surface area (TPSA) is 94.8 Å². The first-order valence-electron chi connectivity index (χ1n) is 8.63. The number of piperidine rings is 1. The van der Waals surface area contributed by atoms with E-state index < -0.39 is 10.0 Å². The van der Waals surface area contributed by atoms with Crippen LogP contribution in [0.5, 0.6) is 5.75 Å². The summed E-state index contributed by atoms with van der Waals surface area (Å²) in [4.78, 5) is 4.35. The second kappa shape index (κ2) is 8.15. The van der Waals surface area contributed by atoms with Gasteiger partial charge in [0.25, 0.3) is 5.89 Å². The second-order valence-electron chi connectivity index (χ2n) is 6.08. The third kappa shape index (κ3) is 4.40. The number of benzene rings is 1. The Hall–Kier alpha value is -1.97. The molecule has 1 saturated heterocycles. The summed E-state index contributed by atoms with van der Waals surface area (Å²) in [5.74, 6) is 1.60. The molecule has 0 bridgehead atoms. The second-order valence-corrected chi connectivity index (χ2v) is 8.02. The number of hydrogen-bond acceptors (Lipinski definition) is 7. The Balaban J connectivity index is 1.63. The van der Waals surface area contributed by atoms with Crippen LogP contribution in [0.4, 0.5) is 0 Å². The summed E-state index contributed by atoms with van der Waals surface area (Å²) in [7, 11) is -3.56. The van der Waals surface area contributed by atoms with Gasteiger partial charge in [-0.1, -0.05) is 5.16 Å². The van der Waals surface area contributed by atoms with Gasteiger partial charge in [-0.25, -0.2) is 8.42 Å². The molecule has 1 fully saturated rings. The Morgan fingerprint density at radius 1 is 1.31 bits per heavy atom. The van der Waals surface area contributed by atoms with Gasteiger partial charge in [-0.3, -0.25) is 0 Å². The summed E-state index contributed by atoms with van der Waals surface area (Å²) in [6.45, 7) is 5.13. The lowest BCUT2D eigenvalue weighted by molar-refractivity contribution is -0.00296. The van der Waals surface area contributed by atoms with Crippen LogP contribution in [-0.2, 0) is 21.4 Å². The van der Waals surface area contributed by atoms with Crippen molar-refractivity contribution in [2.45, 2.75) is 44.3 Å². The molecule has 1 aromatic carbocycles. The Morgan fingerprint density at radius 2 is 2.08 bits per heavy atom. The zero-order chi connectivity index (χ0) is 18.6. The molecule has 1 aromatic heterocycles. The Kier molecular flexibility index (Phi) is 5.90. The third-order valence-corrected chi connectivity index (χ3v) is 6.00. The van der Waals surface area contributed by atoms with Crippen molar-refractivity contribution in [3.63, 3.8) is 0 Å². The molecular formula is C17H23N3O5S. The highest BCUT2D eigenvalue weighted by Gasteiger charge is 2.31. The summed E-state index contributed by atoms with van der Waals surface area (Å²) < 4.78 is 43.4. The van der Waals surface area contributed by atoms with E-state index in [1.807, 2.05) is 6.92 Å². The molecule has 8 nitrogen and oxygen atoms in total. The normalized spacial score (nSPS) is 18.8. The first-order valence-corrected chi connectivity index (χ1v) is 10.1. The zero-order valence-corrected chi connectivity index (χ0v) is 15.7. The van der Waals surface area contributed by atoms with Crippen molar-refractivity contribution in [3.05, 3.63) is 36.0 Å². The van der Waals surface area contributed by atoms with Gasteiger partial charge in [-0.05, 0) is 51.0 Å². The maximum atomic E-state index is 12.9. The quantitative estimate of drug-likeness (QED) is 0.725. The van der Waals surface area contributed by atoms with Gasteiger partial charge < -0.3 is 14.0 Å². The highest BCUT2D eigenvalue weighted by atomic mass is 32.2. The summed E-state index contributed by atoms with van der Waals surface area (Å²) in [5.41, 5.74) is 0. The van der Waals surface area contributed by atoms with Crippen molar-refractivity contribution in [3.8, 4) is 5.75 Å². The molecule has 1 aliphatic heterocycles. The highest BCUT2D eigenvalue weighted by Crippen LogP contribution is 2.24. The van der Waals surface area contributed by atoms with Crippen LogP contribution in [0.3, 0.4) is 0 Å². The zero-order valence-electron chi connectivity index (χ0n) is 14.9. The lowest BCUT2D eigenvalue weighted by Gasteiger charge is -2.31. The van der Waals surface area contributed by atoms with Gasteiger partial charge in [0.15, 0.2) is 5.82 Å². The molecule has 0 saturated carbocycles. The van der Waals surface area contributed by atoms with Crippen molar-refractivity contribution < 1.29 is 22.4 Å². The van der Waals surface area contributed by atoms with Crippen LogP contribution >= 0.6 is 0 Å². The van der Waals surface area contributed by atoms with Gasteiger partial charge in [0.1, 0.15) is 12.4 Å². The number of aromatic nitrogens is 2. The van der Waals surface area contributed by atoms with Crippen LogP contribution in [0.2, 0.25) is 0 Å². The van der Waals surface area contributed by atoms with E-state index in [0.717, 1.165) is 12.8 Å². The lowest BCUT2D eigenvalue weighted by atomic mass is 10.1. The average Bonchev–Trinajstić information content (AvgIpc) is 3.06. The molecule has 26 heavy (non-hydrogen) atoms. The standard InChI is InChI=1S/C17H23N3O5S/c1-3-23-14-6-8-16(9-7-14)26(21,22)20-10-4-5-15(11-20)24-12-17-18-13(2)19-25-17/h6-9,15H,3-5,10-12H2,1-2H3. The van der Waals surface area contributed by atoms with Crippen molar-refractivity contribution in [2.24, 2.45) is 0 Å². The van der Waals surface area contributed by atoms with E-state index in [1.54, 1.807) is 31.2 Å². The molecule has 2 aromatic rings. The fraction of sp³-hybridized carbons (Fsp3) is 0.529. The molecule has 3 rings (SSSR count). The minimum atomic E-state index is -3.56. The van der Waals surface area contributed by atoms with Gasteiger partial charge in [0.2, 0.25) is 10.0 Å². The van der Waals surface area contributed by atoms with Crippen molar-refractivity contribution in [1.82, 2.24) is 14.4 Å². The summed E-state index contributed by atoms with van der Waals surface area (Å²) in [6, 6.07) is 6.50. The number of hydrogen-bond donors (Lipinski definition) is 0. The monoisotopic (exact) mass is 381 g/mol. The Morgan fingerprint density at radius 3 is 2.73 bits per heavy atom. The molecular weight excluding hydrogens is 358 g/mol. The van der Waals surface area contributed by atoms with Crippen molar-refractivity contribution >= 4 is 10.0 Å². The molecule has 2 heterocycles. The number of ether oxygens (including phenoxy) is 2. The molecule has 1 aliphatic rings. The molecule has 1 atom stereocenters. The van der Waals surface area contributed by atoms with E-state index >= 15 is 0 Å². The molecule has 0 aliphatic carbocycles. The smallest absolute Gasteiger partial charge is 0.252 e. The fourth-order valence-corrected chi connectivity index (χ4v) is 4.38. The van der Waals surface area contributed by atoms with E-state index in [0.29, 0.717) is 37.2 Å². The molecule has 0 spiro atoms. The van der Waals surface area contributed by atoms with Gasteiger partial charge in [0, 0.05) is 13.1 Å². The molecule has 9 heteroatoms. The van der Waals surface area contributed by atoms with Gasteiger partial charge in [0.05, 0.1) is 17.6 Å². The van der Waals surface area contributed by atoms with Crippen LogP contribution in [0.15, 0.2) is 33.7 Å². The number of sulfonamides is 1. The summed E-state index contributed by atoms with van der Waals surface area (Å²) >= 11 is 0. The predicted octanol–water partition coefficient (Wildman–Crippen LogP) is 2.15. The Labute approximate surface area is 153 Å². The summed E-state index contributed by atoms with van der Waals surface area (Å²) in [5, 5.41) is 3.71. The average molecular weight is 381 g/mol. The van der Waals surface area contributed by atoms with Gasteiger partial charge in [-0.2, -0.15) is 9.29 Å². The van der Waals surface area contributed by atoms with E-state index in [9.17, 15) is 8.42 Å². The van der Waals surface area contributed by atoms with Crippen LogP contribution in [-0.4, -0.2) is 48.7 Å². The Bertz CT molecular complexity index is 819. The number of rotatable bonds is 7. The highest BCUT2D eigenvalue weighted by molar-refractivity contribution is 7.89. The van der Waals surface area contributed by atoms with E-state index in [4.69, 9.17) is 14.0 Å². The van der Waals surface area contributed by atoms with Gasteiger partial charge >= 0.3 is 0 Å². The lowest BCUT2D eigenvalue weighted by Crippen LogP contribution is -2.43. The predicted molar refractivity (Wildman–Crippen MR) is 93.2 cm³/mol.